The molecule has 0 radical (unpaired) electrons. The average molecular weight is 470 g/mol. The van der Waals surface area contributed by atoms with Crippen molar-refractivity contribution in [2.45, 2.75) is 38.3 Å². The van der Waals surface area contributed by atoms with E-state index in [0.29, 0.717) is 43.8 Å². The van der Waals surface area contributed by atoms with E-state index in [-0.39, 0.29) is 17.9 Å². The predicted molar refractivity (Wildman–Crippen MR) is 123 cm³/mol. The van der Waals surface area contributed by atoms with Crippen LogP contribution >= 0.6 is 0 Å². The van der Waals surface area contributed by atoms with E-state index in [0.717, 1.165) is 55.7 Å². The monoisotopic (exact) mass is 469 g/mol. The highest BCUT2D eigenvalue weighted by molar-refractivity contribution is 5.79. The molecule has 0 aliphatic carbocycles. The number of nitrogens with zero attached hydrogens (tertiary/aromatic N) is 5. The van der Waals surface area contributed by atoms with Crippen LogP contribution in [0.4, 0.5) is 5.69 Å². The summed E-state index contributed by atoms with van der Waals surface area (Å²) in [6.45, 7) is 4.02. The average Bonchev–Trinajstić information content (AvgIpc) is 3.37. The third kappa shape index (κ3) is 4.59. The maximum Gasteiger partial charge on any atom is 0.225 e. The van der Waals surface area contributed by atoms with Crippen LogP contribution in [0.25, 0.3) is 0 Å². The van der Waals surface area contributed by atoms with Crippen LogP contribution in [-0.4, -0.2) is 78.9 Å². The lowest BCUT2D eigenvalue weighted by atomic mass is 9.99. The van der Waals surface area contributed by atoms with Crippen LogP contribution in [0.2, 0.25) is 0 Å². The molecule has 34 heavy (non-hydrogen) atoms. The molecule has 5 rings (SSSR count). The van der Waals surface area contributed by atoms with E-state index in [4.69, 9.17) is 18.9 Å². The molecular formula is C24H31N5O5. The van der Waals surface area contributed by atoms with Gasteiger partial charge in [0.05, 0.1) is 50.5 Å². The van der Waals surface area contributed by atoms with Gasteiger partial charge < -0.3 is 28.7 Å². The van der Waals surface area contributed by atoms with E-state index < -0.39 is 0 Å². The van der Waals surface area contributed by atoms with E-state index >= 15 is 0 Å². The molecule has 2 fully saturated rings. The quantitative estimate of drug-likeness (QED) is 0.628. The van der Waals surface area contributed by atoms with Crippen LogP contribution in [0.1, 0.15) is 30.5 Å². The van der Waals surface area contributed by atoms with Crippen molar-refractivity contribution in [1.82, 2.24) is 19.9 Å². The third-order valence-corrected chi connectivity index (χ3v) is 6.86. The number of anilines is 1. The molecule has 1 amide bonds. The summed E-state index contributed by atoms with van der Waals surface area (Å²) >= 11 is 0. The van der Waals surface area contributed by atoms with Crippen LogP contribution in [0.3, 0.4) is 0 Å². The Balaban J connectivity index is 1.28. The summed E-state index contributed by atoms with van der Waals surface area (Å²) in [5.74, 6) is 2.10. The standard InChI is InChI=1S/C24H31N5O5/c1-31-21-11-22(32-2)25-12-20(21)28-8-4-19-18(14-28)23(27-15-26-19)34-17-3-7-29(13-17)24(30)16-5-9-33-10-6-16/h11-12,15-17H,3-10,13-14H2,1-2H3/t17-/m0/s1. The van der Waals surface area contributed by atoms with E-state index in [9.17, 15) is 4.79 Å². The number of methoxy groups -OCH3 is 2. The van der Waals surface area contributed by atoms with Crippen LogP contribution < -0.4 is 19.1 Å². The van der Waals surface area contributed by atoms with E-state index in [1.54, 1.807) is 32.8 Å². The lowest BCUT2D eigenvalue weighted by molar-refractivity contribution is -0.137. The Morgan fingerprint density at radius 2 is 1.94 bits per heavy atom. The second-order valence-corrected chi connectivity index (χ2v) is 8.87. The molecule has 0 spiro atoms. The smallest absolute Gasteiger partial charge is 0.225 e. The summed E-state index contributed by atoms with van der Waals surface area (Å²) in [5.41, 5.74) is 2.86. The van der Waals surface area contributed by atoms with Crippen LogP contribution in [0.15, 0.2) is 18.6 Å². The number of likely N-dealkylation sites (tertiary alicyclic amines) is 1. The number of pyridine rings is 1. The Labute approximate surface area is 199 Å². The molecule has 0 aromatic carbocycles. The number of hydrogen-bond acceptors (Lipinski definition) is 9. The van der Waals surface area contributed by atoms with Crippen molar-refractivity contribution < 1.29 is 23.7 Å². The Kier molecular flexibility index (Phi) is 6.66. The first-order valence-electron chi connectivity index (χ1n) is 11.8. The Morgan fingerprint density at radius 3 is 2.74 bits per heavy atom. The minimum Gasteiger partial charge on any atom is -0.494 e. The summed E-state index contributed by atoms with van der Waals surface area (Å²) < 4.78 is 22.6. The highest BCUT2D eigenvalue weighted by Gasteiger charge is 2.34. The Bertz CT molecular complexity index is 1030. The summed E-state index contributed by atoms with van der Waals surface area (Å²) in [7, 11) is 3.22. The second-order valence-electron chi connectivity index (χ2n) is 8.87. The molecule has 3 aliphatic rings. The van der Waals surface area contributed by atoms with Gasteiger partial charge in [-0.1, -0.05) is 0 Å². The number of fused-ring (bicyclic) bond motifs is 1. The van der Waals surface area contributed by atoms with Gasteiger partial charge in [-0.3, -0.25) is 4.79 Å². The Hall–Kier alpha value is -3.14. The zero-order valence-electron chi connectivity index (χ0n) is 19.7. The highest BCUT2D eigenvalue weighted by atomic mass is 16.5. The molecule has 10 nitrogen and oxygen atoms in total. The van der Waals surface area contributed by atoms with Crippen molar-refractivity contribution in [1.29, 1.82) is 0 Å². The SMILES string of the molecule is COc1cc(OC)c(N2CCc3ncnc(O[C@H]4CCN(C(=O)C5CCOCC5)C4)c3C2)cn1. The second kappa shape index (κ2) is 10.0. The number of carbonyl (C=O) groups is 1. The molecule has 2 saturated heterocycles. The van der Waals surface area contributed by atoms with Gasteiger partial charge in [-0.25, -0.2) is 15.0 Å². The fourth-order valence-electron chi connectivity index (χ4n) is 4.93. The maximum absolute atomic E-state index is 12.9. The topological polar surface area (TPSA) is 99.1 Å². The highest BCUT2D eigenvalue weighted by Crippen LogP contribution is 2.35. The first kappa shape index (κ1) is 22.6. The molecule has 0 saturated carbocycles. The summed E-state index contributed by atoms with van der Waals surface area (Å²) in [4.78, 5) is 30.3. The first-order valence-corrected chi connectivity index (χ1v) is 11.8. The minimum atomic E-state index is -0.0737. The molecule has 10 heteroatoms. The third-order valence-electron chi connectivity index (χ3n) is 6.86. The largest absolute Gasteiger partial charge is 0.494 e. The van der Waals surface area contributed by atoms with Crippen molar-refractivity contribution in [3.05, 3.63) is 29.8 Å². The van der Waals surface area contributed by atoms with Crippen molar-refractivity contribution in [2.24, 2.45) is 5.92 Å². The van der Waals surface area contributed by atoms with Gasteiger partial charge in [-0.05, 0) is 12.8 Å². The fourth-order valence-corrected chi connectivity index (χ4v) is 4.93. The van der Waals surface area contributed by atoms with Gasteiger partial charge in [0, 0.05) is 51.1 Å². The molecule has 3 aliphatic heterocycles. The molecule has 5 heterocycles. The molecule has 1 atom stereocenters. The van der Waals surface area contributed by atoms with Crippen LogP contribution in [0.5, 0.6) is 17.5 Å². The summed E-state index contributed by atoms with van der Waals surface area (Å²) in [5, 5.41) is 0. The molecule has 0 bridgehead atoms. The zero-order valence-corrected chi connectivity index (χ0v) is 19.7. The molecule has 0 N–H and O–H groups in total. The van der Waals surface area contributed by atoms with Crippen LogP contribution in [0, 0.1) is 5.92 Å². The maximum atomic E-state index is 12.9. The normalized spacial score (nSPS) is 20.7. The van der Waals surface area contributed by atoms with E-state index in [1.165, 1.54) is 0 Å². The molecule has 2 aromatic heterocycles. The van der Waals surface area contributed by atoms with Gasteiger partial charge in [0.2, 0.25) is 17.7 Å². The number of rotatable bonds is 6. The van der Waals surface area contributed by atoms with Gasteiger partial charge in [-0.2, -0.15) is 0 Å². The minimum absolute atomic E-state index is 0.0703. The fraction of sp³-hybridized carbons (Fsp3) is 0.583. The summed E-state index contributed by atoms with van der Waals surface area (Å²) in [6, 6.07) is 1.78. The van der Waals surface area contributed by atoms with E-state index in [1.807, 2.05) is 4.90 Å². The number of aromatic nitrogens is 3. The summed E-state index contributed by atoms with van der Waals surface area (Å²) in [6.07, 6.45) is 6.44. The Morgan fingerprint density at radius 1 is 1.09 bits per heavy atom. The number of ether oxygens (including phenoxy) is 4. The number of hydrogen-bond donors (Lipinski definition) is 0. The van der Waals surface area contributed by atoms with Crippen LogP contribution in [-0.2, 0) is 22.5 Å². The molecular weight excluding hydrogens is 438 g/mol. The molecule has 0 unspecified atom stereocenters. The lowest BCUT2D eigenvalue weighted by Gasteiger charge is -2.31. The van der Waals surface area contributed by atoms with Gasteiger partial charge in [-0.15, -0.1) is 0 Å². The van der Waals surface area contributed by atoms with Gasteiger partial charge in [0.1, 0.15) is 18.2 Å². The van der Waals surface area contributed by atoms with Gasteiger partial charge in [0.25, 0.3) is 0 Å². The zero-order chi connectivity index (χ0) is 23.5. The van der Waals surface area contributed by atoms with Gasteiger partial charge in [0.15, 0.2) is 0 Å². The predicted octanol–water partition coefficient (Wildman–Crippen LogP) is 1.86. The van der Waals surface area contributed by atoms with Crippen molar-refractivity contribution >= 4 is 11.6 Å². The van der Waals surface area contributed by atoms with Crippen molar-refractivity contribution in [3.63, 3.8) is 0 Å². The number of amides is 1. The molecule has 182 valence electrons. The van der Waals surface area contributed by atoms with Crippen molar-refractivity contribution in [2.75, 3.05) is 52.0 Å². The lowest BCUT2D eigenvalue weighted by Crippen LogP contribution is -2.38. The first-order chi connectivity index (χ1) is 16.7. The van der Waals surface area contributed by atoms with E-state index in [2.05, 4.69) is 19.9 Å². The van der Waals surface area contributed by atoms with Gasteiger partial charge >= 0.3 is 0 Å². The molecule has 2 aromatic rings. The van der Waals surface area contributed by atoms with Crippen molar-refractivity contribution in [3.8, 4) is 17.5 Å². The number of carbonyl (C=O) groups excluding carboxylic acids is 1.